The standard InChI is InChI=1S/C22H28F2N6O/c1-15-10-26-20(11-25-15)27-19-8-17(9-21(28-19)30-7-4-22(23,24)14-30)16-2-5-29(6-3-16)18-12-31-13-18/h8-11,16,18H,2-7,12-14H2,1H3,(H,26,27,28). The SMILES string of the molecule is Cc1cnc(Nc2cc(C3CCN(C4COC4)CC3)cc(N3CCC(F)(F)C3)n2)cn1. The van der Waals surface area contributed by atoms with Gasteiger partial charge in [0.25, 0.3) is 5.92 Å². The van der Waals surface area contributed by atoms with Gasteiger partial charge in [-0.2, -0.15) is 0 Å². The van der Waals surface area contributed by atoms with Gasteiger partial charge in [-0.1, -0.05) is 0 Å². The van der Waals surface area contributed by atoms with E-state index in [1.54, 1.807) is 17.3 Å². The summed E-state index contributed by atoms with van der Waals surface area (Å²) in [5.41, 5.74) is 1.98. The molecule has 3 saturated heterocycles. The maximum Gasteiger partial charge on any atom is 0.266 e. The highest BCUT2D eigenvalue weighted by Crippen LogP contribution is 2.36. The summed E-state index contributed by atoms with van der Waals surface area (Å²) in [6, 6.07) is 4.59. The molecule has 5 rings (SSSR count). The fraction of sp³-hybridized carbons (Fsp3) is 0.591. The number of pyridine rings is 1. The molecule has 0 atom stereocenters. The number of hydrogen-bond acceptors (Lipinski definition) is 7. The van der Waals surface area contributed by atoms with Gasteiger partial charge in [-0.15, -0.1) is 0 Å². The molecule has 0 radical (unpaired) electrons. The van der Waals surface area contributed by atoms with Gasteiger partial charge in [0, 0.05) is 13.0 Å². The highest BCUT2D eigenvalue weighted by Gasteiger charge is 2.39. The Hall–Kier alpha value is -2.39. The number of likely N-dealkylation sites (tertiary alicyclic amines) is 1. The van der Waals surface area contributed by atoms with Gasteiger partial charge in [0.05, 0.1) is 43.9 Å². The third-order valence-corrected chi connectivity index (χ3v) is 6.50. The van der Waals surface area contributed by atoms with Crippen molar-refractivity contribution >= 4 is 17.5 Å². The number of nitrogens with zero attached hydrogens (tertiary/aromatic N) is 5. The summed E-state index contributed by atoms with van der Waals surface area (Å²) >= 11 is 0. The lowest BCUT2D eigenvalue weighted by Crippen LogP contribution is -2.51. The Kier molecular flexibility index (Phi) is 5.47. The Morgan fingerprint density at radius 2 is 1.87 bits per heavy atom. The third kappa shape index (κ3) is 4.62. The second kappa shape index (κ2) is 8.27. The van der Waals surface area contributed by atoms with E-state index < -0.39 is 5.92 Å². The molecular formula is C22H28F2N6O. The maximum atomic E-state index is 13.9. The van der Waals surface area contributed by atoms with E-state index in [2.05, 4.69) is 25.2 Å². The minimum absolute atomic E-state index is 0.132. The summed E-state index contributed by atoms with van der Waals surface area (Å²) in [7, 11) is 0. The average Bonchev–Trinajstić information content (AvgIpc) is 3.09. The molecule has 0 amide bonds. The second-order valence-corrected chi connectivity index (χ2v) is 8.84. The summed E-state index contributed by atoms with van der Waals surface area (Å²) in [4.78, 5) is 17.5. The molecule has 7 nitrogen and oxygen atoms in total. The van der Waals surface area contributed by atoms with Crippen molar-refractivity contribution < 1.29 is 13.5 Å². The first-order valence-corrected chi connectivity index (χ1v) is 11.0. The van der Waals surface area contributed by atoms with Crippen LogP contribution in [0, 0.1) is 6.92 Å². The molecule has 0 aromatic carbocycles. The first-order valence-electron chi connectivity index (χ1n) is 11.0. The zero-order valence-corrected chi connectivity index (χ0v) is 17.7. The predicted octanol–water partition coefficient (Wildman–Crippen LogP) is 3.35. The number of aromatic nitrogens is 3. The molecule has 0 aliphatic carbocycles. The van der Waals surface area contributed by atoms with Crippen molar-refractivity contribution in [1.29, 1.82) is 0 Å². The number of halogens is 2. The number of nitrogens with one attached hydrogen (secondary N) is 1. The largest absolute Gasteiger partial charge is 0.378 e. The molecule has 2 aromatic rings. The summed E-state index contributed by atoms with van der Waals surface area (Å²) < 4.78 is 33.1. The fourth-order valence-electron chi connectivity index (χ4n) is 4.55. The molecule has 0 bridgehead atoms. The van der Waals surface area contributed by atoms with Crippen molar-refractivity contribution in [2.45, 2.75) is 44.1 Å². The van der Waals surface area contributed by atoms with Gasteiger partial charge in [0.2, 0.25) is 0 Å². The van der Waals surface area contributed by atoms with Gasteiger partial charge in [-0.25, -0.2) is 18.7 Å². The lowest BCUT2D eigenvalue weighted by molar-refractivity contribution is -0.0712. The molecule has 166 valence electrons. The van der Waals surface area contributed by atoms with Crippen LogP contribution in [0.25, 0.3) is 0 Å². The molecule has 5 heterocycles. The number of piperidine rings is 1. The quantitative estimate of drug-likeness (QED) is 0.780. The molecule has 2 aromatic heterocycles. The summed E-state index contributed by atoms with van der Waals surface area (Å²) in [5.74, 6) is -0.466. The van der Waals surface area contributed by atoms with Gasteiger partial charge in [-0.3, -0.25) is 9.88 Å². The average molecular weight is 431 g/mol. The molecule has 3 aliphatic heterocycles. The van der Waals surface area contributed by atoms with E-state index in [9.17, 15) is 8.78 Å². The molecule has 0 saturated carbocycles. The van der Waals surface area contributed by atoms with Crippen LogP contribution in [0.4, 0.5) is 26.2 Å². The van der Waals surface area contributed by atoms with Crippen LogP contribution < -0.4 is 10.2 Å². The monoisotopic (exact) mass is 430 g/mol. The number of alkyl halides is 2. The minimum Gasteiger partial charge on any atom is -0.378 e. The van der Waals surface area contributed by atoms with Crippen molar-refractivity contribution in [3.05, 3.63) is 35.8 Å². The fourth-order valence-corrected chi connectivity index (χ4v) is 4.55. The zero-order valence-electron chi connectivity index (χ0n) is 17.7. The normalized spacial score (nSPS) is 22.5. The number of anilines is 3. The highest BCUT2D eigenvalue weighted by atomic mass is 19.3. The van der Waals surface area contributed by atoms with Gasteiger partial charge < -0.3 is 15.0 Å². The predicted molar refractivity (Wildman–Crippen MR) is 114 cm³/mol. The highest BCUT2D eigenvalue weighted by molar-refractivity contribution is 5.57. The van der Waals surface area contributed by atoms with Crippen molar-refractivity contribution in [3.8, 4) is 0 Å². The van der Waals surface area contributed by atoms with Gasteiger partial charge in [0.15, 0.2) is 0 Å². The van der Waals surface area contributed by atoms with Crippen LogP contribution in [0.3, 0.4) is 0 Å². The summed E-state index contributed by atoms with van der Waals surface area (Å²) in [5, 5.41) is 3.21. The first kappa shape index (κ1) is 20.5. The van der Waals surface area contributed by atoms with E-state index in [0.717, 1.165) is 50.4 Å². The van der Waals surface area contributed by atoms with E-state index in [1.807, 2.05) is 19.1 Å². The lowest BCUT2D eigenvalue weighted by Gasteiger charge is -2.41. The third-order valence-electron chi connectivity index (χ3n) is 6.50. The van der Waals surface area contributed by atoms with Crippen LogP contribution in [0.2, 0.25) is 0 Å². The molecule has 1 N–H and O–H groups in total. The Labute approximate surface area is 180 Å². The maximum absolute atomic E-state index is 13.9. The van der Waals surface area contributed by atoms with Gasteiger partial charge >= 0.3 is 0 Å². The number of ether oxygens (including phenoxy) is 1. The second-order valence-electron chi connectivity index (χ2n) is 8.84. The molecule has 3 aliphatic rings. The lowest BCUT2D eigenvalue weighted by atomic mass is 9.89. The van der Waals surface area contributed by atoms with Crippen molar-refractivity contribution in [1.82, 2.24) is 19.9 Å². The number of aryl methyl sites for hydroxylation is 1. The van der Waals surface area contributed by atoms with E-state index >= 15 is 0 Å². The Morgan fingerprint density at radius 3 is 2.48 bits per heavy atom. The van der Waals surface area contributed by atoms with E-state index in [-0.39, 0.29) is 13.0 Å². The molecule has 0 unspecified atom stereocenters. The number of rotatable bonds is 5. The molecule has 3 fully saturated rings. The van der Waals surface area contributed by atoms with Crippen LogP contribution in [-0.2, 0) is 4.74 Å². The Bertz CT molecular complexity index is 913. The molecule has 0 spiro atoms. The van der Waals surface area contributed by atoms with Crippen molar-refractivity contribution in [3.63, 3.8) is 0 Å². The first-order chi connectivity index (χ1) is 14.9. The van der Waals surface area contributed by atoms with Crippen LogP contribution in [0.5, 0.6) is 0 Å². The molecular weight excluding hydrogens is 402 g/mol. The summed E-state index contributed by atoms with van der Waals surface area (Å²) in [6.45, 7) is 5.64. The van der Waals surface area contributed by atoms with Crippen LogP contribution in [0.15, 0.2) is 24.5 Å². The molecule has 31 heavy (non-hydrogen) atoms. The van der Waals surface area contributed by atoms with Crippen molar-refractivity contribution in [2.24, 2.45) is 0 Å². The van der Waals surface area contributed by atoms with Crippen LogP contribution in [-0.4, -0.2) is 71.2 Å². The molecule has 9 heteroatoms. The summed E-state index contributed by atoms with van der Waals surface area (Å²) in [6.07, 6.45) is 5.30. The smallest absolute Gasteiger partial charge is 0.266 e. The van der Waals surface area contributed by atoms with Gasteiger partial charge in [-0.05, 0) is 56.5 Å². The van der Waals surface area contributed by atoms with E-state index in [4.69, 9.17) is 4.74 Å². The topological polar surface area (TPSA) is 66.4 Å². The van der Waals surface area contributed by atoms with E-state index in [1.165, 1.54) is 0 Å². The van der Waals surface area contributed by atoms with Crippen LogP contribution in [0.1, 0.15) is 36.4 Å². The van der Waals surface area contributed by atoms with E-state index in [0.29, 0.717) is 36.0 Å². The Morgan fingerprint density at radius 1 is 1.06 bits per heavy atom. The Balaban J connectivity index is 1.38. The zero-order chi connectivity index (χ0) is 21.4. The number of hydrogen-bond donors (Lipinski definition) is 1. The van der Waals surface area contributed by atoms with Gasteiger partial charge in [0.1, 0.15) is 17.5 Å². The van der Waals surface area contributed by atoms with Crippen LogP contribution >= 0.6 is 0 Å². The minimum atomic E-state index is -2.66. The van der Waals surface area contributed by atoms with Crippen molar-refractivity contribution in [2.75, 3.05) is 49.6 Å².